The van der Waals surface area contributed by atoms with Gasteiger partial charge in [0.25, 0.3) is 6.71 Å². The second-order valence-corrected chi connectivity index (χ2v) is 17.5. The number of nitrogens with zero attached hydrogens (tertiary/aromatic N) is 4. The first-order valence-corrected chi connectivity index (χ1v) is 20.0. The van der Waals surface area contributed by atoms with Crippen LogP contribution in [0.1, 0.15) is 31.9 Å². The minimum absolute atomic E-state index is 0.0309. The Balaban J connectivity index is 1.18. The molecule has 7 aromatic carbocycles. The van der Waals surface area contributed by atoms with E-state index in [0.717, 1.165) is 50.4 Å². The van der Waals surface area contributed by atoms with Crippen LogP contribution in [0.4, 0.5) is 34.1 Å². The summed E-state index contributed by atoms with van der Waals surface area (Å²) in [6.07, 6.45) is 0. The number of nitriles is 1. The molecule has 262 valence electrons. The Morgan fingerprint density at radius 1 is 0.625 bits per heavy atom. The van der Waals surface area contributed by atoms with Crippen LogP contribution in [-0.2, 0) is 5.41 Å². The predicted molar refractivity (Wildman–Crippen MR) is 234 cm³/mol. The highest BCUT2D eigenvalue weighted by Crippen LogP contribution is 2.54. The number of rotatable bonds is 1. The second-order valence-electron chi connectivity index (χ2n) is 16.4. The van der Waals surface area contributed by atoms with Crippen LogP contribution in [-0.4, -0.2) is 11.3 Å². The molecule has 0 fully saturated rings. The zero-order valence-corrected chi connectivity index (χ0v) is 31.7. The number of benzene rings is 7. The van der Waals surface area contributed by atoms with E-state index < -0.39 is 0 Å². The van der Waals surface area contributed by atoms with Gasteiger partial charge in [0.15, 0.2) is 0 Å². The minimum atomic E-state index is -0.0433. The summed E-state index contributed by atoms with van der Waals surface area (Å²) in [7, 11) is 0. The van der Waals surface area contributed by atoms with Crippen LogP contribution in [0.2, 0.25) is 0 Å². The highest BCUT2D eigenvalue weighted by molar-refractivity contribution is 7.33. The van der Waals surface area contributed by atoms with Gasteiger partial charge in [-0.25, -0.2) is 0 Å². The fraction of sp³-hybridized carbons (Fsp3) is 0.0816. The molecule has 0 amide bonds. The van der Waals surface area contributed by atoms with Crippen molar-refractivity contribution in [3.63, 3.8) is 0 Å². The Morgan fingerprint density at radius 2 is 1.38 bits per heavy atom. The largest absolute Gasteiger partial charge is 0.456 e. The topological polar surface area (TPSA) is 48.3 Å². The number of hydrogen-bond acceptors (Lipinski definition) is 5. The second kappa shape index (κ2) is 10.3. The summed E-state index contributed by atoms with van der Waals surface area (Å²) in [5.74, 6) is 0. The smallest absolute Gasteiger partial charge is 0.264 e. The molecular weight excluding hydrogens is 703 g/mol. The van der Waals surface area contributed by atoms with Crippen LogP contribution < -0.4 is 25.5 Å². The number of anilines is 6. The highest BCUT2D eigenvalue weighted by atomic mass is 32.1. The number of hydrogen-bond donors (Lipinski definition) is 0. The lowest BCUT2D eigenvalue weighted by Gasteiger charge is -2.45. The van der Waals surface area contributed by atoms with Gasteiger partial charge in [0.05, 0.1) is 45.4 Å². The number of para-hydroxylation sites is 4. The molecule has 56 heavy (non-hydrogen) atoms. The van der Waals surface area contributed by atoms with Gasteiger partial charge >= 0.3 is 0 Å². The van der Waals surface area contributed by atoms with Gasteiger partial charge in [-0.1, -0.05) is 87.5 Å². The lowest BCUT2D eigenvalue weighted by atomic mass is 9.36. The lowest BCUT2D eigenvalue weighted by molar-refractivity contribution is 0.591. The molecule has 3 aliphatic rings. The number of thiophene rings is 1. The van der Waals surface area contributed by atoms with E-state index in [0.29, 0.717) is 5.56 Å². The molecule has 3 aliphatic heterocycles. The molecule has 0 N–H and O–H groups in total. The quantitative estimate of drug-likeness (QED) is 0.158. The van der Waals surface area contributed by atoms with E-state index in [4.69, 9.17) is 4.42 Å². The van der Waals surface area contributed by atoms with Crippen LogP contribution in [0.5, 0.6) is 0 Å². The first-order valence-electron chi connectivity index (χ1n) is 19.2. The molecule has 13 rings (SSSR count). The molecule has 10 aromatic rings. The molecule has 6 heterocycles. The predicted octanol–water partition coefficient (Wildman–Crippen LogP) is 11.5. The molecule has 0 spiro atoms. The van der Waals surface area contributed by atoms with Gasteiger partial charge in [-0.3, -0.25) is 0 Å². The first kappa shape index (κ1) is 30.6. The fourth-order valence-electron chi connectivity index (χ4n) is 10.0. The van der Waals surface area contributed by atoms with Gasteiger partial charge in [-0.05, 0) is 82.6 Å². The van der Waals surface area contributed by atoms with Crippen LogP contribution in [0, 0.1) is 11.3 Å². The molecule has 0 saturated heterocycles. The summed E-state index contributed by atoms with van der Waals surface area (Å²) in [5.41, 5.74) is 16.3. The van der Waals surface area contributed by atoms with Crippen LogP contribution in [0.15, 0.2) is 138 Å². The monoisotopic (exact) mass is 734 g/mol. The van der Waals surface area contributed by atoms with E-state index >= 15 is 0 Å². The summed E-state index contributed by atoms with van der Waals surface area (Å²) in [6.45, 7) is 6.81. The number of fused-ring (bicyclic) bond motifs is 14. The molecule has 0 unspecified atom stereocenters. The zero-order chi connectivity index (χ0) is 37.2. The van der Waals surface area contributed by atoms with Crippen molar-refractivity contribution in [2.45, 2.75) is 26.2 Å². The summed E-state index contributed by atoms with van der Waals surface area (Å²) in [6, 6.07) is 51.0. The third-order valence-corrected chi connectivity index (χ3v) is 13.7. The maximum atomic E-state index is 10.8. The lowest BCUT2D eigenvalue weighted by Crippen LogP contribution is -2.61. The van der Waals surface area contributed by atoms with E-state index in [-0.39, 0.29) is 12.1 Å². The van der Waals surface area contributed by atoms with Gasteiger partial charge in [0, 0.05) is 59.5 Å². The Kier molecular flexibility index (Phi) is 5.63. The summed E-state index contributed by atoms with van der Waals surface area (Å²) < 4.78 is 11.5. The van der Waals surface area contributed by atoms with Gasteiger partial charge in [-0.2, -0.15) is 5.26 Å². The Labute approximate surface area is 326 Å². The number of furan rings is 1. The maximum Gasteiger partial charge on any atom is 0.264 e. The summed E-state index contributed by atoms with van der Waals surface area (Å²) in [4.78, 5) is 4.89. The minimum Gasteiger partial charge on any atom is -0.456 e. The van der Waals surface area contributed by atoms with Gasteiger partial charge in [-0.15, -0.1) is 11.3 Å². The van der Waals surface area contributed by atoms with Crippen LogP contribution in [0.3, 0.4) is 0 Å². The van der Waals surface area contributed by atoms with Crippen molar-refractivity contribution in [2.75, 3.05) is 9.80 Å². The molecule has 0 bridgehead atoms. The molecule has 0 radical (unpaired) electrons. The molecule has 3 aromatic heterocycles. The first-order chi connectivity index (χ1) is 27.4. The summed E-state index contributed by atoms with van der Waals surface area (Å²) in [5, 5.41) is 16.7. The standard InChI is InChI=1S/C49H31BN4OS/c1-49(2,3)28-18-21-43-34(24-28)46-48(56-43)50-35-13-9-16-38-47(35)54(37-15-8-12-33-30-10-4-6-14-36(30)53(38)45(33)37)40-23-27(26-51)22-39(44(40)50)52(46)29-19-20-32-31-11-5-7-17-41(31)55-42(32)25-29/h4-25H,1-3H3. The van der Waals surface area contributed by atoms with Crippen molar-refractivity contribution in [1.82, 2.24) is 4.57 Å². The van der Waals surface area contributed by atoms with Gasteiger partial charge in [0.1, 0.15) is 11.2 Å². The maximum absolute atomic E-state index is 10.8. The van der Waals surface area contributed by atoms with E-state index in [2.05, 4.69) is 163 Å². The van der Waals surface area contributed by atoms with E-state index in [9.17, 15) is 5.26 Å². The highest BCUT2D eigenvalue weighted by Gasteiger charge is 2.47. The van der Waals surface area contributed by atoms with E-state index in [1.54, 1.807) is 0 Å². The Bertz CT molecular complexity index is 3470. The average Bonchev–Trinajstić information content (AvgIpc) is 3.89. The van der Waals surface area contributed by atoms with E-state index in [1.807, 2.05) is 23.5 Å². The van der Waals surface area contributed by atoms with Gasteiger partial charge in [0.2, 0.25) is 0 Å². The van der Waals surface area contributed by atoms with Crippen LogP contribution >= 0.6 is 11.3 Å². The molecule has 5 nitrogen and oxygen atoms in total. The van der Waals surface area contributed by atoms with Crippen molar-refractivity contribution in [2.24, 2.45) is 0 Å². The van der Waals surface area contributed by atoms with Crippen molar-refractivity contribution >= 4 is 122 Å². The Hall–Kier alpha value is -6.75. The molecule has 0 saturated carbocycles. The third-order valence-electron chi connectivity index (χ3n) is 12.4. The van der Waals surface area contributed by atoms with Crippen molar-refractivity contribution < 1.29 is 4.42 Å². The fourth-order valence-corrected chi connectivity index (χ4v) is 11.3. The third kappa shape index (κ3) is 3.70. The molecule has 0 atom stereocenters. The average molecular weight is 735 g/mol. The Morgan fingerprint density at radius 3 is 2.23 bits per heavy atom. The van der Waals surface area contributed by atoms with E-state index in [1.165, 1.54) is 64.5 Å². The van der Waals surface area contributed by atoms with Crippen molar-refractivity contribution in [3.8, 4) is 11.8 Å². The SMILES string of the molecule is CC(C)(C)c1ccc2sc3c(c2c1)N(c1ccc2c(c1)oc1ccccc12)c1cc(C#N)cc2c1B3c1cccc3c1N2c1cccc2c4ccccc4n-3c12. The molecule has 7 heteroatoms. The van der Waals surface area contributed by atoms with Crippen molar-refractivity contribution in [3.05, 3.63) is 145 Å². The zero-order valence-electron chi connectivity index (χ0n) is 30.9. The number of aromatic nitrogens is 1. The molecular formula is C49H31BN4OS. The van der Waals surface area contributed by atoms with Crippen LogP contribution in [0.25, 0.3) is 59.5 Å². The summed E-state index contributed by atoms with van der Waals surface area (Å²) >= 11 is 1.90. The normalized spacial score (nSPS) is 13.9. The van der Waals surface area contributed by atoms with Gasteiger partial charge < -0.3 is 18.8 Å². The van der Waals surface area contributed by atoms with Crippen molar-refractivity contribution in [1.29, 1.82) is 5.26 Å². The molecule has 0 aliphatic carbocycles.